The molecule has 10 nitrogen and oxygen atoms in total. The molecule has 0 saturated carbocycles. The van der Waals surface area contributed by atoms with Crippen molar-refractivity contribution in [1.29, 1.82) is 5.26 Å². The Labute approximate surface area is 282 Å². The van der Waals surface area contributed by atoms with Crippen LogP contribution in [0.25, 0.3) is 6.08 Å². The van der Waals surface area contributed by atoms with E-state index in [2.05, 4.69) is 33.7 Å². The van der Waals surface area contributed by atoms with Crippen LogP contribution in [0.15, 0.2) is 75.7 Å². The number of rotatable bonds is 10. The van der Waals surface area contributed by atoms with E-state index in [4.69, 9.17) is 23.7 Å². The number of ether oxygens (including phenoxy) is 5. The fraction of sp³-hybridized carbons (Fsp3) is 0.235. The van der Waals surface area contributed by atoms with E-state index >= 15 is 0 Å². The van der Waals surface area contributed by atoms with Gasteiger partial charge in [-0.05, 0) is 84.0 Å². The molecule has 3 aromatic carbocycles. The number of benzene rings is 3. The van der Waals surface area contributed by atoms with Crippen molar-refractivity contribution in [3.8, 4) is 29.1 Å². The number of fused-ring (bicyclic) bond motifs is 1. The number of carbonyl (C=O) groups is 1. The average Bonchev–Trinajstić information content (AvgIpc) is 3.36. The van der Waals surface area contributed by atoms with Crippen molar-refractivity contribution in [2.75, 3.05) is 27.9 Å². The van der Waals surface area contributed by atoms with Crippen LogP contribution in [0.1, 0.15) is 42.1 Å². The van der Waals surface area contributed by atoms with Gasteiger partial charge in [-0.1, -0.05) is 35.6 Å². The Morgan fingerprint density at radius 1 is 1.07 bits per heavy atom. The average molecular weight is 752 g/mol. The second kappa shape index (κ2) is 14.2. The lowest BCUT2D eigenvalue weighted by molar-refractivity contribution is -0.139. The molecule has 0 radical (unpaired) electrons. The maximum absolute atomic E-state index is 14.1. The zero-order valence-corrected chi connectivity index (χ0v) is 28.7. The van der Waals surface area contributed by atoms with Gasteiger partial charge in [0, 0.05) is 5.56 Å². The van der Waals surface area contributed by atoms with E-state index in [0.29, 0.717) is 54.7 Å². The van der Waals surface area contributed by atoms with Gasteiger partial charge in [0.25, 0.3) is 5.56 Å². The van der Waals surface area contributed by atoms with Crippen LogP contribution in [0, 0.1) is 14.9 Å². The first-order valence-corrected chi connectivity index (χ1v) is 16.0. The molecule has 0 fully saturated rings. The van der Waals surface area contributed by atoms with Crippen LogP contribution in [0.5, 0.6) is 23.0 Å². The van der Waals surface area contributed by atoms with Crippen molar-refractivity contribution >= 4 is 46.0 Å². The van der Waals surface area contributed by atoms with Gasteiger partial charge in [0.1, 0.15) is 6.61 Å². The minimum absolute atomic E-state index is 0.170. The number of hydrogen-bond acceptors (Lipinski definition) is 10. The summed E-state index contributed by atoms with van der Waals surface area (Å²) in [5.74, 6) is 1.43. The first-order chi connectivity index (χ1) is 22.2. The van der Waals surface area contributed by atoms with Crippen LogP contribution >= 0.6 is 33.9 Å². The number of hydrogen-bond donors (Lipinski definition) is 0. The third-order valence-electron chi connectivity index (χ3n) is 7.30. The van der Waals surface area contributed by atoms with Gasteiger partial charge in [-0.2, -0.15) is 5.26 Å². The minimum atomic E-state index is -0.806. The molecule has 0 N–H and O–H groups in total. The van der Waals surface area contributed by atoms with Crippen LogP contribution in [0.3, 0.4) is 0 Å². The molecule has 0 unspecified atom stereocenters. The quantitative estimate of drug-likeness (QED) is 0.166. The second-order valence-corrected chi connectivity index (χ2v) is 12.2. The Bertz CT molecular complexity index is 2080. The molecule has 236 valence electrons. The molecule has 1 atom stereocenters. The molecular formula is C34H30IN3O7S. The number of aromatic nitrogens is 1. The van der Waals surface area contributed by atoms with Crippen molar-refractivity contribution < 1.29 is 28.5 Å². The minimum Gasteiger partial charge on any atom is -0.493 e. The van der Waals surface area contributed by atoms with Gasteiger partial charge in [-0.3, -0.25) is 9.36 Å². The van der Waals surface area contributed by atoms with Crippen molar-refractivity contribution in [2.24, 2.45) is 4.99 Å². The van der Waals surface area contributed by atoms with Gasteiger partial charge in [0.2, 0.25) is 0 Å². The summed E-state index contributed by atoms with van der Waals surface area (Å²) in [6.45, 7) is 3.82. The standard InChI is InChI=1S/C34H30IN3O7S/c1-6-44-33(40)29-19(2)37-34-38(30(29)21-11-12-25(41-3)26(16-21)42-4)32(39)28(46-34)15-20-13-24(35)31(27(14-20)43-5)45-18-23-10-8-7-9-22(23)17-36/h7-16,30H,6,18H2,1-5H3/b28-15+/t30-/m1/s1. The molecule has 46 heavy (non-hydrogen) atoms. The molecule has 2 heterocycles. The summed E-state index contributed by atoms with van der Waals surface area (Å²) in [7, 11) is 4.61. The van der Waals surface area contributed by atoms with E-state index < -0.39 is 12.0 Å². The van der Waals surface area contributed by atoms with Gasteiger partial charge in [-0.25, -0.2) is 9.79 Å². The summed E-state index contributed by atoms with van der Waals surface area (Å²) in [5.41, 5.74) is 3.05. The zero-order chi connectivity index (χ0) is 33.0. The largest absolute Gasteiger partial charge is 0.493 e. The fourth-order valence-electron chi connectivity index (χ4n) is 5.15. The highest BCUT2D eigenvalue weighted by Crippen LogP contribution is 2.37. The molecule has 4 aromatic rings. The molecule has 0 saturated heterocycles. The van der Waals surface area contributed by atoms with E-state index in [1.165, 1.54) is 30.1 Å². The molecular weight excluding hydrogens is 721 g/mol. The number of methoxy groups -OCH3 is 3. The molecule has 0 spiro atoms. The van der Waals surface area contributed by atoms with Crippen LogP contribution in [-0.4, -0.2) is 38.5 Å². The molecule has 0 aliphatic carbocycles. The summed E-state index contributed by atoms with van der Waals surface area (Å²) in [6.07, 6.45) is 1.76. The van der Waals surface area contributed by atoms with E-state index in [-0.39, 0.29) is 24.3 Å². The van der Waals surface area contributed by atoms with E-state index in [1.54, 1.807) is 63.4 Å². The van der Waals surface area contributed by atoms with Gasteiger partial charge >= 0.3 is 5.97 Å². The van der Waals surface area contributed by atoms with Gasteiger partial charge in [-0.15, -0.1) is 0 Å². The molecule has 0 bridgehead atoms. The lowest BCUT2D eigenvalue weighted by Gasteiger charge is -2.25. The number of nitrogens with zero attached hydrogens (tertiary/aromatic N) is 3. The Hall–Kier alpha value is -4.61. The normalized spacial score (nSPS) is 14.2. The van der Waals surface area contributed by atoms with Crippen molar-refractivity contribution in [3.63, 3.8) is 0 Å². The molecule has 1 aromatic heterocycles. The number of thiazole rings is 1. The summed E-state index contributed by atoms with van der Waals surface area (Å²) >= 11 is 3.38. The predicted molar refractivity (Wildman–Crippen MR) is 181 cm³/mol. The maximum atomic E-state index is 14.1. The third kappa shape index (κ3) is 6.38. The number of halogens is 1. The molecule has 1 aliphatic heterocycles. The smallest absolute Gasteiger partial charge is 0.338 e. The van der Waals surface area contributed by atoms with E-state index in [1.807, 2.05) is 18.2 Å². The number of allylic oxidation sites excluding steroid dienone is 1. The fourth-order valence-corrected chi connectivity index (χ4v) is 6.98. The van der Waals surface area contributed by atoms with Crippen LogP contribution in [0.4, 0.5) is 0 Å². The highest BCUT2D eigenvalue weighted by atomic mass is 127. The SMILES string of the molecule is CCOC(=O)C1=C(C)N=c2s/c(=C/c3cc(I)c(OCc4ccccc4C#N)c(OC)c3)c(=O)n2[C@@H]1c1ccc(OC)c(OC)c1. The Morgan fingerprint density at radius 3 is 2.50 bits per heavy atom. The van der Waals surface area contributed by atoms with Crippen molar-refractivity contribution in [1.82, 2.24) is 4.57 Å². The van der Waals surface area contributed by atoms with Gasteiger partial charge < -0.3 is 23.7 Å². The maximum Gasteiger partial charge on any atom is 0.338 e. The molecule has 1 aliphatic rings. The lowest BCUT2D eigenvalue weighted by Crippen LogP contribution is -2.40. The van der Waals surface area contributed by atoms with E-state index in [0.717, 1.165) is 9.13 Å². The van der Waals surface area contributed by atoms with Crippen molar-refractivity contribution in [2.45, 2.75) is 26.5 Å². The molecule has 5 rings (SSSR count). The molecule has 0 amide bonds. The summed E-state index contributed by atoms with van der Waals surface area (Å²) < 4.78 is 30.8. The Balaban J connectivity index is 1.60. The number of esters is 1. The topological polar surface area (TPSA) is 121 Å². The molecule has 12 heteroatoms. The lowest BCUT2D eigenvalue weighted by atomic mass is 9.95. The van der Waals surface area contributed by atoms with Crippen molar-refractivity contribution in [3.05, 3.63) is 111 Å². The van der Waals surface area contributed by atoms with Crippen LogP contribution in [0.2, 0.25) is 0 Å². The monoisotopic (exact) mass is 751 g/mol. The van der Waals surface area contributed by atoms with Gasteiger partial charge in [0.15, 0.2) is 27.8 Å². The predicted octanol–water partition coefficient (Wildman–Crippen LogP) is 4.88. The Kier molecular flexibility index (Phi) is 10.1. The third-order valence-corrected chi connectivity index (χ3v) is 9.08. The number of nitriles is 1. The highest BCUT2D eigenvalue weighted by molar-refractivity contribution is 14.1. The first kappa shape index (κ1) is 32.8. The van der Waals surface area contributed by atoms with E-state index in [9.17, 15) is 14.9 Å². The van der Waals surface area contributed by atoms with Crippen LogP contribution < -0.4 is 33.8 Å². The Morgan fingerprint density at radius 2 is 1.80 bits per heavy atom. The second-order valence-electron chi connectivity index (χ2n) is 10.0. The highest BCUT2D eigenvalue weighted by Gasteiger charge is 2.34. The summed E-state index contributed by atoms with van der Waals surface area (Å²) in [4.78, 5) is 32.5. The first-order valence-electron chi connectivity index (χ1n) is 14.1. The van der Waals surface area contributed by atoms with Crippen LogP contribution in [-0.2, 0) is 16.1 Å². The summed E-state index contributed by atoms with van der Waals surface area (Å²) in [5, 5.41) is 9.43. The number of carbonyl (C=O) groups excluding carboxylic acids is 1. The summed E-state index contributed by atoms with van der Waals surface area (Å²) in [6, 6.07) is 17.6. The van der Waals surface area contributed by atoms with Gasteiger partial charge in [0.05, 0.1) is 65.0 Å². The zero-order valence-electron chi connectivity index (χ0n) is 25.8.